The molecule has 0 bridgehead atoms. The lowest BCUT2D eigenvalue weighted by Gasteiger charge is -2.18. The first-order chi connectivity index (χ1) is 15.3. The van der Waals surface area contributed by atoms with Crippen molar-refractivity contribution < 1.29 is 14.4 Å². The van der Waals surface area contributed by atoms with Gasteiger partial charge in [0.15, 0.2) is 0 Å². The number of thioether (sulfide) groups is 1. The SMILES string of the molecule is CCCN1C(=O)C(=C2C(=O)N(CC(=O)Nc3c(C)cccc3C)c3ccccc32)SC1=S. The standard InChI is InChI=1S/C24H23N3O3S2/c1-4-12-26-23(30)21(32-24(26)31)19-16-10-5-6-11-17(16)27(22(19)29)13-18(28)25-20-14(2)8-7-9-15(20)3/h5-11H,4,12-13H2,1-3H3,(H,25,28). The zero-order chi connectivity index (χ0) is 23.0. The van der Waals surface area contributed by atoms with Gasteiger partial charge in [0, 0.05) is 17.8 Å². The van der Waals surface area contributed by atoms with Crippen molar-refractivity contribution in [2.45, 2.75) is 27.2 Å². The van der Waals surface area contributed by atoms with E-state index in [1.807, 2.05) is 51.1 Å². The molecule has 1 fully saturated rings. The highest BCUT2D eigenvalue weighted by molar-refractivity contribution is 8.26. The number of amides is 3. The molecule has 8 heteroatoms. The third-order valence-electron chi connectivity index (χ3n) is 5.49. The Kier molecular flexibility index (Phi) is 6.17. The molecule has 0 radical (unpaired) electrons. The molecule has 164 valence electrons. The molecule has 0 aromatic heterocycles. The van der Waals surface area contributed by atoms with Gasteiger partial charge in [0.25, 0.3) is 11.8 Å². The van der Waals surface area contributed by atoms with Crippen molar-refractivity contribution in [1.82, 2.24) is 4.90 Å². The maximum atomic E-state index is 13.4. The number of anilines is 2. The Labute approximate surface area is 196 Å². The Hall–Kier alpha value is -2.97. The third-order valence-corrected chi connectivity index (χ3v) is 6.94. The first-order valence-electron chi connectivity index (χ1n) is 10.4. The molecule has 0 unspecified atom stereocenters. The normalized spacial score (nSPS) is 17.9. The zero-order valence-corrected chi connectivity index (χ0v) is 19.7. The van der Waals surface area contributed by atoms with Crippen LogP contribution in [-0.2, 0) is 14.4 Å². The van der Waals surface area contributed by atoms with Crippen LogP contribution in [0.3, 0.4) is 0 Å². The second-order valence-electron chi connectivity index (χ2n) is 7.75. The third kappa shape index (κ3) is 3.84. The number of carbonyl (C=O) groups is 3. The molecule has 3 amide bonds. The van der Waals surface area contributed by atoms with Crippen LogP contribution < -0.4 is 10.2 Å². The van der Waals surface area contributed by atoms with Crippen LogP contribution in [0, 0.1) is 13.8 Å². The van der Waals surface area contributed by atoms with Crippen molar-refractivity contribution in [2.75, 3.05) is 23.3 Å². The fraction of sp³-hybridized carbons (Fsp3) is 0.250. The average Bonchev–Trinajstić information content (AvgIpc) is 3.19. The van der Waals surface area contributed by atoms with E-state index in [2.05, 4.69) is 5.32 Å². The molecular formula is C24H23N3O3S2. The van der Waals surface area contributed by atoms with E-state index in [-0.39, 0.29) is 24.3 Å². The second-order valence-corrected chi connectivity index (χ2v) is 9.40. The van der Waals surface area contributed by atoms with E-state index in [0.717, 1.165) is 35.0 Å². The number of fused-ring (bicyclic) bond motifs is 1. The van der Waals surface area contributed by atoms with Crippen LogP contribution in [0.15, 0.2) is 47.4 Å². The van der Waals surface area contributed by atoms with Gasteiger partial charge in [0.1, 0.15) is 10.9 Å². The molecule has 6 nitrogen and oxygen atoms in total. The minimum atomic E-state index is -0.361. The van der Waals surface area contributed by atoms with E-state index in [4.69, 9.17) is 12.2 Å². The van der Waals surface area contributed by atoms with E-state index < -0.39 is 0 Å². The lowest BCUT2D eigenvalue weighted by atomic mass is 10.1. The molecule has 2 aliphatic rings. The van der Waals surface area contributed by atoms with Crippen LogP contribution in [-0.4, -0.2) is 40.0 Å². The Morgan fingerprint density at radius 1 is 1.00 bits per heavy atom. The summed E-state index contributed by atoms with van der Waals surface area (Å²) in [4.78, 5) is 42.6. The van der Waals surface area contributed by atoms with Gasteiger partial charge in [-0.2, -0.15) is 0 Å². The highest BCUT2D eigenvalue weighted by Crippen LogP contribution is 2.44. The van der Waals surface area contributed by atoms with Gasteiger partial charge in [0.2, 0.25) is 5.91 Å². The van der Waals surface area contributed by atoms with E-state index in [1.54, 1.807) is 12.1 Å². The highest BCUT2D eigenvalue weighted by Gasteiger charge is 2.42. The summed E-state index contributed by atoms with van der Waals surface area (Å²) in [5.41, 5.74) is 4.23. The van der Waals surface area contributed by atoms with Crippen molar-refractivity contribution in [3.8, 4) is 0 Å². The van der Waals surface area contributed by atoms with Crippen LogP contribution in [0.1, 0.15) is 30.0 Å². The molecule has 32 heavy (non-hydrogen) atoms. The number of hydrogen-bond donors (Lipinski definition) is 1. The molecule has 0 spiro atoms. The quantitative estimate of drug-likeness (QED) is 0.528. The topological polar surface area (TPSA) is 69.7 Å². The number of carbonyl (C=O) groups excluding carboxylic acids is 3. The predicted octanol–water partition coefficient (Wildman–Crippen LogP) is 4.27. The van der Waals surface area contributed by atoms with E-state index in [0.29, 0.717) is 32.6 Å². The fourth-order valence-electron chi connectivity index (χ4n) is 3.96. The molecule has 1 saturated heterocycles. The summed E-state index contributed by atoms with van der Waals surface area (Å²) < 4.78 is 0.454. The highest BCUT2D eigenvalue weighted by atomic mass is 32.2. The summed E-state index contributed by atoms with van der Waals surface area (Å²) in [5, 5.41) is 2.93. The zero-order valence-electron chi connectivity index (χ0n) is 18.1. The van der Waals surface area contributed by atoms with Crippen molar-refractivity contribution in [3.63, 3.8) is 0 Å². The van der Waals surface area contributed by atoms with Crippen LogP contribution in [0.25, 0.3) is 5.57 Å². The number of nitrogens with zero attached hydrogens (tertiary/aromatic N) is 2. The van der Waals surface area contributed by atoms with Gasteiger partial charge in [-0.1, -0.05) is 67.3 Å². The second kappa shape index (κ2) is 8.88. The monoisotopic (exact) mass is 465 g/mol. The number of rotatable bonds is 5. The lowest BCUT2D eigenvalue weighted by molar-refractivity contribution is -0.122. The Balaban J connectivity index is 1.66. The molecule has 1 N–H and O–H groups in total. The summed E-state index contributed by atoms with van der Waals surface area (Å²) in [6, 6.07) is 13.0. The van der Waals surface area contributed by atoms with Crippen molar-refractivity contribution >= 4 is 63.0 Å². The van der Waals surface area contributed by atoms with E-state index in [1.165, 1.54) is 9.80 Å². The summed E-state index contributed by atoms with van der Waals surface area (Å²) in [5.74, 6) is -0.910. The van der Waals surface area contributed by atoms with Crippen LogP contribution >= 0.6 is 24.0 Å². The minimum Gasteiger partial charge on any atom is -0.324 e. The van der Waals surface area contributed by atoms with Crippen LogP contribution in [0.2, 0.25) is 0 Å². The van der Waals surface area contributed by atoms with Gasteiger partial charge in [-0.3, -0.25) is 24.2 Å². The molecule has 0 saturated carbocycles. The smallest absolute Gasteiger partial charge is 0.267 e. The molecule has 2 aromatic carbocycles. The molecule has 0 atom stereocenters. The first-order valence-corrected chi connectivity index (χ1v) is 11.6. The Bertz CT molecular complexity index is 1170. The van der Waals surface area contributed by atoms with Gasteiger partial charge in [-0.25, -0.2) is 0 Å². The summed E-state index contributed by atoms with van der Waals surface area (Å²) in [6.07, 6.45) is 0.768. The van der Waals surface area contributed by atoms with Gasteiger partial charge >= 0.3 is 0 Å². The first kappa shape index (κ1) is 22.2. The van der Waals surface area contributed by atoms with Gasteiger partial charge in [-0.05, 0) is 37.5 Å². The number of para-hydroxylation sites is 2. The maximum Gasteiger partial charge on any atom is 0.267 e. The number of nitrogens with one attached hydrogen (secondary N) is 1. The largest absolute Gasteiger partial charge is 0.324 e. The summed E-state index contributed by atoms with van der Waals surface area (Å²) >= 11 is 6.53. The number of aryl methyl sites for hydroxylation is 2. The predicted molar refractivity (Wildman–Crippen MR) is 132 cm³/mol. The fourth-order valence-corrected chi connectivity index (χ4v) is 5.34. The minimum absolute atomic E-state index is 0.150. The molecule has 2 heterocycles. The summed E-state index contributed by atoms with van der Waals surface area (Å²) in [7, 11) is 0. The number of benzene rings is 2. The number of hydrogen-bond acceptors (Lipinski definition) is 5. The maximum absolute atomic E-state index is 13.4. The van der Waals surface area contributed by atoms with Gasteiger partial charge in [0.05, 0.1) is 16.2 Å². The van der Waals surface area contributed by atoms with Crippen molar-refractivity contribution in [2.24, 2.45) is 0 Å². The van der Waals surface area contributed by atoms with E-state index >= 15 is 0 Å². The molecule has 4 rings (SSSR count). The average molecular weight is 466 g/mol. The Morgan fingerprint density at radius 2 is 1.69 bits per heavy atom. The molecule has 0 aliphatic carbocycles. The summed E-state index contributed by atoms with van der Waals surface area (Å²) in [6.45, 7) is 6.18. The van der Waals surface area contributed by atoms with E-state index in [9.17, 15) is 14.4 Å². The number of thiocarbonyl (C=S) groups is 1. The van der Waals surface area contributed by atoms with Crippen LogP contribution in [0.4, 0.5) is 11.4 Å². The van der Waals surface area contributed by atoms with Crippen molar-refractivity contribution in [1.29, 1.82) is 0 Å². The van der Waals surface area contributed by atoms with Crippen molar-refractivity contribution in [3.05, 3.63) is 64.1 Å². The van der Waals surface area contributed by atoms with Crippen LogP contribution in [0.5, 0.6) is 0 Å². The Morgan fingerprint density at radius 3 is 2.38 bits per heavy atom. The van der Waals surface area contributed by atoms with Gasteiger partial charge in [-0.15, -0.1) is 0 Å². The molecule has 2 aliphatic heterocycles. The molecular weight excluding hydrogens is 442 g/mol. The van der Waals surface area contributed by atoms with Gasteiger partial charge < -0.3 is 5.32 Å². The lowest BCUT2D eigenvalue weighted by Crippen LogP contribution is -2.36. The molecule has 2 aromatic rings.